The molecule has 0 aromatic carbocycles. The summed E-state index contributed by atoms with van der Waals surface area (Å²) in [6.45, 7) is 5.55. The lowest BCUT2D eigenvalue weighted by Gasteiger charge is -2.27. The molecule has 2 aliphatic rings. The van der Waals surface area contributed by atoms with Crippen LogP contribution in [0.1, 0.15) is 43.9 Å². The zero-order valence-corrected chi connectivity index (χ0v) is 13.2. The lowest BCUT2D eigenvalue weighted by Crippen LogP contribution is -2.33. The number of nitrogens with zero attached hydrogens (tertiary/aromatic N) is 3. The maximum Gasteiger partial charge on any atom is 0.140 e. The highest BCUT2D eigenvalue weighted by Crippen LogP contribution is 2.32. The number of pyridine rings is 1. The molecule has 0 radical (unpaired) electrons. The minimum Gasteiger partial charge on any atom is -0.372 e. The van der Waals surface area contributed by atoms with E-state index < -0.39 is 0 Å². The molecule has 0 aliphatic carbocycles. The second-order valence-corrected chi connectivity index (χ2v) is 6.54. The lowest BCUT2D eigenvalue weighted by atomic mass is 10.1. The highest BCUT2D eigenvalue weighted by atomic mass is 16.5. The average Bonchev–Trinajstić information content (AvgIpc) is 3.21. The van der Waals surface area contributed by atoms with Gasteiger partial charge < -0.3 is 14.2 Å². The Bertz CT molecular complexity index is 624. The van der Waals surface area contributed by atoms with Gasteiger partial charge in [0.2, 0.25) is 0 Å². The summed E-state index contributed by atoms with van der Waals surface area (Å²) in [5.74, 6) is 0. The fourth-order valence-corrected chi connectivity index (χ4v) is 3.84. The summed E-state index contributed by atoms with van der Waals surface area (Å²) in [5.41, 5.74) is 2.44. The van der Waals surface area contributed by atoms with E-state index >= 15 is 0 Å². The van der Waals surface area contributed by atoms with Gasteiger partial charge >= 0.3 is 0 Å². The second-order valence-electron chi connectivity index (χ2n) is 6.54. The number of likely N-dealkylation sites (tertiary alicyclic amines) is 1. The molecule has 2 aromatic heterocycles. The number of hydrogen-bond acceptors (Lipinski definition) is 3. The first kappa shape index (κ1) is 14.2. The van der Waals surface area contributed by atoms with Crippen LogP contribution in [0.15, 0.2) is 24.4 Å². The van der Waals surface area contributed by atoms with E-state index in [0.717, 1.165) is 31.8 Å². The van der Waals surface area contributed by atoms with Gasteiger partial charge in [0.25, 0.3) is 0 Å². The van der Waals surface area contributed by atoms with Gasteiger partial charge in [0, 0.05) is 37.0 Å². The summed E-state index contributed by atoms with van der Waals surface area (Å²) in [5, 5.41) is 1.24. The molecular formula is C18H25N3O. The number of hydrogen-bond donors (Lipinski definition) is 0. The van der Waals surface area contributed by atoms with Gasteiger partial charge in [-0.3, -0.25) is 0 Å². The molecule has 2 fully saturated rings. The Kier molecular flexibility index (Phi) is 4.13. The Hall–Kier alpha value is -1.39. The highest BCUT2D eigenvalue weighted by Gasteiger charge is 2.23. The Balaban J connectivity index is 1.60. The lowest BCUT2D eigenvalue weighted by molar-refractivity contribution is 0.105. The molecule has 2 aromatic rings. The first-order valence-electron chi connectivity index (χ1n) is 8.70. The summed E-state index contributed by atoms with van der Waals surface area (Å²) in [4.78, 5) is 7.22. The van der Waals surface area contributed by atoms with Crippen molar-refractivity contribution in [3.63, 3.8) is 0 Å². The smallest absolute Gasteiger partial charge is 0.140 e. The summed E-state index contributed by atoms with van der Waals surface area (Å²) >= 11 is 0. The van der Waals surface area contributed by atoms with Crippen LogP contribution in [0, 0.1) is 0 Å². The number of piperidine rings is 1. The van der Waals surface area contributed by atoms with Gasteiger partial charge in [-0.15, -0.1) is 0 Å². The van der Waals surface area contributed by atoms with Crippen molar-refractivity contribution >= 4 is 11.0 Å². The highest BCUT2D eigenvalue weighted by molar-refractivity contribution is 5.77. The van der Waals surface area contributed by atoms with Crippen LogP contribution in [0.25, 0.3) is 11.0 Å². The van der Waals surface area contributed by atoms with E-state index in [0.29, 0.717) is 0 Å². The first-order valence-corrected chi connectivity index (χ1v) is 8.70. The Morgan fingerprint density at radius 3 is 2.86 bits per heavy atom. The molecule has 4 heteroatoms. The fraction of sp³-hybridized carbons (Fsp3) is 0.611. The van der Waals surface area contributed by atoms with Crippen molar-refractivity contribution in [1.29, 1.82) is 0 Å². The molecule has 0 bridgehead atoms. The third-order valence-electron chi connectivity index (χ3n) is 5.04. The molecule has 0 spiro atoms. The molecule has 1 unspecified atom stereocenters. The molecule has 118 valence electrons. The van der Waals surface area contributed by atoms with Crippen LogP contribution in [0.2, 0.25) is 0 Å². The number of rotatable bonds is 4. The quantitative estimate of drug-likeness (QED) is 0.867. The molecule has 0 N–H and O–H groups in total. The topological polar surface area (TPSA) is 30.3 Å². The predicted molar refractivity (Wildman–Crippen MR) is 88.0 cm³/mol. The summed E-state index contributed by atoms with van der Waals surface area (Å²) in [7, 11) is 0. The molecule has 22 heavy (non-hydrogen) atoms. The average molecular weight is 299 g/mol. The SMILES string of the molecule is c1cnc2c(c1)cc(C1CCCO1)n2CCN1CCCCC1. The van der Waals surface area contributed by atoms with Crippen molar-refractivity contribution in [2.45, 2.75) is 44.8 Å². The van der Waals surface area contributed by atoms with E-state index in [1.807, 2.05) is 12.3 Å². The van der Waals surface area contributed by atoms with Crippen LogP contribution in [0.3, 0.4) is 0 Å². The molecular weight excluding hydrogens is 274 g/mol. The van der Waals surface area contributed by atoms with Crippen LogP contribution in [0.5, 0.6) is 0 Å². The van der Waals surface area contributed by atoms with Crippen LogP contribution in [0.4, 0.5) is 0 Å². The standard InChI is InChI=1S/C18H25N3O/c1-2-9-20(10-3-1)11-12-21-16(17-7-5-13-22-17)14-15-6-4-8-19-18(15)21/h4,6,8,14,17H,1-3,5,7,9-13H2. The van der Waals surface area contributed by atoms with Crippen LogP contribution >= 0.6 is 0 Å². The van der Waals surface area contributed by atoms with Gasteiger partial charge in [-0.05, 0) is 57.0 Å². The fourth-order valence-electron chi connectivity index (χ4n) is 3.84. The van der Waals surface area contributed by atoms with Crippen molar-refractivity contribution in [2.75, 3.05) is 26.2 Å². The molecule has 4 nitrogen and oxygen atoms in total. The predicted octanol–water partition coefficient (Wildman–Crippen LogP) is 3.37. The monoisotopic (exact) mass is 299 g/mol. The molecule has 2 aliphatic heterocycles. The summed E-state index contributed by atoms with van der Waals surface area (Å²) in [6.07, 6.45) is 8.57. The van der Waals surface area contributed by atoms with Gasteiger partial charge in [0.1, 0.15) is 5.65 Å². The normalized spacial score (nSPS) is 23.4. The zero-order chi connectivity index (χ0) is 14.8. The third-order valence-corrected chi connectivity index (χ3v) is 5.04. The van der Waals surface area contributed by atoms with Crippen LogP contribution in [-0.4, -0.2) is 40.7 Å². The molecule has 0 amide bonds. The number of fused-ring (bicyclic) bond motifs is 1. The minimum atomic E-state index is 0.260. The van der Waals surface area contributed by atoms with E-state index in [9.17, 15) is 0 Å². The summed E-state index contributed by atoms with van der Waals surface area (Å²) in [6, 6.07) is 6.48. The maximum atomic E-state index is 5.94. The third kappa shape index (κ3) is 2.77. The van der Waals surface area contributed by atoms with Crippen molar-refractivity contribution in [1.82, 2.24) is 14.5 Å². The second kappa shape index (κ2) is 6.39. The number of aromatic nitrogens is 2. The molecule has 0 saturated carbocycles. The van der Waals surface area contributed by atoms with Gasteiger partial charge in [0.05, 0.1) is 6.10 Å². The van der Waals surface area contributed by atoms with E-state index in [4.69, 9.17) is 4.74 Å². The van der Waals surface area contributed by atoms with E-state index in [2.05, 4.69) is 26.6 Å². The van der Waals surface area contributed by atoms with Crippen LogP contribution in [-0.2, 0) is 11.3 Å². The van der Waals surface area contributed by atoms with Gasteiger partial charge in [-0.25, -0.2) is 4.98 Å². The number of ether oxygens (including phenoxy) is 1. The van der Waals surface area contributed by atoms with Gasteiger partial charge in [-0.1, -0.05) is 6.42 Å². The first-order chi connectivity index (χ1) is 10.9. The molecule has 4 rings (SSSR count). The molecule has 2 saturated heterocycles. The van der Waals surface area contributed by atoms with Crippen molar-refractivity contribution in [2.24, 2.45) is 0 Å². The van der Waals surface area contributed by atoms with Crippen molar-refractivity contribution in [3.05, 3.63) is 30.1 Å². The van der Waals surface area contributed by atoms with Crippen molar-refractivity contribution < 1.29 is 4.74 Å². The van der Waals surface area contributed by atoms with E-state index in [-0.39, 0.29) is 6.10 Å². The van der Waals surface area contributed by atoms with E-state index in [1.165, 1.54) is 49.9 Å². The molecule has 1 atom stereocenters. The zero-order valence-electron chi connectivity index (χ0n) is 13.2. The van der Waals surface area contributed by atoms with Gasteiger partial charge in [0.15, 0.2) is 0 Å². The largest absolute Gasteiger partial charge is 0.372 e. The minimum absolute atomic E-state index is 0.260. The Morgan fingerprint density at radius 1 is 1.14 bits per heavy atom. The Morgan fingerprint density at radius 2 is 2.05 bits per heavy atom. The van der Waals surface area contributed by atoms with Gasteiger partial charge in [-0.2, -0.15) is 0 Å². The Labute approximate surface area is 132 Å². The molecule has 4 heterocycles. The summed E-state index contributed by atoms with van der Waals surface area (Å²) < 4.78 is 8.34. The maximum absolute atomic E-state index is 5.94. The van der Waals surface area contributed by atoms with Crippen LogP contribution < -0.4 is 0 Å². The van der Waals surface area contributed by atoms with Crippen molar-refractivity contribution in [3.8, 4) is 0 Å². The van der Waals surface area contributed by atoms with E-state index in [1.54, 1.807) is 0 Å².